The lowest BCUT2D eigenvalue weighted by molar-refractivity contribution is -0.128. The van der Waals surface area contributed by atoms with Crippen LogP contribution in [-0.4, -0.2) is 25.2 Å². The number of carbonyl (C=O) groups excluding carboxylic acids is 1. The summed E-state index contributed by atoms with van der Waals surface area (Å²) in [6, 6.07) is 5.69. The first-order valence-corrected chi connectivity index (χ1v) is 9.29. The maximum atomic E-state index is 12.7. The first kappa shape index (κ1) is 22.6. The molecule has 1 fully saturated rings. The van der Waals surface area contributed by atoms with Crippen molar-refractivity contribution in [2.45, 2.75) is 64.5 Å². The van der Waals surface area contributed by atoms with Gasteiger partial charge in [-0.15, -0.1) is 12.4 Å². The van der Waals surface area contributed by atoms with Crippen LogP contribution >= 0.6 is 12.4 Å². The Labute approximate surface area is 163 Å². The smallest absolute Gasteiger partial charge is 0.225 e. The Hall–Kier alpha value is -1.46. The Bertz CT molecular complexity index is 592. The zero-order valence-corrected chi connectivity index (χ0v) is 17.2. The molecule has 1 aliphatic rings. The van der Waals surface area contributed by atoms with E-state index < -0.39 is 5.54 Å². The highest BCUT2D eigenvalue weighted by molar-refractivity contribution is 5.85. The van der Waals surface area contributed by atoms with Crippen molar-refractivity contribution >= 4 is 18.3 Å². The molecule has 0 aliphatic heterocycles. The van der Waals surface area contributed by atoms with Crippen molar-refractivity contribution in [2.24, 2.45) is 11.7 Å². The third-order valence-electron chi connectivity index (χ3n) is 5.08. The Balaban J connectivity index is 0.00000338. The molecule has 0 bridgehead atoms. The highest BCUT2D eigenvalue weighted by atomic mass is 35.5. The molecule has 3 atom stereocenters. The van der Waals surface area contributed by atoms with Crippen LogP contribution in [0.15, 0.2) is 18.2 Å². The lowest BCUT2D eigenvalue weighted by Crippen LogP contribution is -2.53. The third-order valence-corrected chi connectivity index (χ3v) is 5.08. The van der Waals surface area contributed by atoms with Gasteiger partial charge in [0.15, 0.2) is 11.5 Å². The van der Waals surface area contributed by atoms with Crippen molar-refractivity contribution in [3.05, 3.63) is 23.8 Å². The van der Waals surface area contributed by atoms with E-state index in [0.29, 0.717) is 12.4 Å². The van der Waals surface area contributed by atoms with Crippen molar-refractivity contribution in [3.63, 3.8) is 0 Å². The molecule has 1 aliphatic carbocycles. The van der Waals surface area contributed by atoms with Gasteiger partial charge in [-0.1, -0.05) is 25.8 Å². The van der Waals surface area contributed by atoms with Crippen molar-refractivity contribution in [3.8, 4) is 11.5 Å². The fourth-order valence-electron chi connectivity index (χ4n) is 3.47. The number of hydrogen-bond donors (Lipinski definition) is 2. The average molecular weight is 385 g/mol. The molecule has 3 unspecified atom stereocenters. The molecule has 0 radical (unpaired) electrons. The summed E-state index contributed by atoms with van der Waals surface area (Å²) in [5.41, 5.74) is 6.92. The van der Waals surface area contributed by atoms with Crippen LogP contribution in [-0.2, 0) is 4.79 Å². The van der Waals surface area contributed by atoms with Gasteiger partial charge in [0, 0.05) is 5.54 Å². The zero-order valence-electron chi connectivity index (χ0n) is 16.3. The van der Waals surface area contributed by atoms with Crippen LogP contribution in [0.1, 0.15) is 64.5 Å². The van der Waals surface area contributed by atoms with Gasteiger partial charge in [0.25, 0.3) is 0 Å². The second-order valence-electron chi connectivity index (χ2n) is 7.29. The number of benzene rings is 1. The van der Waals surface area contributed by atoms with Crippen LogP contribution in [0.2, 0.25) is 0 Å². The van der Waals surface area contributed by atoms with Crippen LogP contribution < -0.4 is 20.5 Å². The fraction of sp³-hybridized carbons (Fsp3) is 0.650. The lowest BCUT2D eigenvalue weighted by Gasteiger charge is -2.37. The Morgan fingerprint density at radius 3 is 2.73 bits per heavy atom. The van der Waals surface area contributed by atoms with E-state index in [1.807, 2.05) is 32.0 Å². The first-order valence-electron chi connectivity index (χ1n) is 9.29. The minimum absolute atomic E-state index is 0. The highest BCUT2D eigenvalue weighted by Gasteiger charge is 2.38. The van der Waals surface area contributed by atoms with Crippen LogP contribution in [0.3, 0.4) is 0 Å². The molecule has 2 rings (SSSR count). The number of halogens is 1. The van der Waals surface area contributed by atoms with Crippen LogP contribution in [0.5, 0.6) is 11.5 Å². The number of nitrogens with one attached hydrogen (secondary N) is 1. The number of ether oxygens (including phenoxy) is 2. The van der Waals surface area contributed by atoms with Gasteiger partial charge in [-0.2, -0.15) is 0 Å². The van der Waals surface area contributed by atoms with Gasteiger partial charge in [0.1, 0.15) is 0 Å². The number of nitrogens with two attached hydrogens (primary N) is 1. The van der Waals surface area contributed by atoms with E-state index in [4.69, 9.17) is 15.2 Å². The largest absolute Gasteiger partial charge is 0.493 e. The van der Waals surface area contributed by atoms with Crippen molar-refractivity contribution in [2.75, 3.05) is 13.7 Å². The molecule has 1 saturated carbocycles. The van der Waals surface area contributed by atoms with Crippen molar-refractivity contribution in [1.82, 2.24) is 5.32 Å². The summed E-state index contributed by atoms with van der Waals surface area (Å²) >= 11 is 0. The van der Waals surface area contributed by atoms with Gasteiger partial charge in [0.05, 0.1) is 25.7 Å². The molecule has 0 heterocycles. The van der Waals surface area contributed by atoms with Gasteiger partial charge in [-0.25, -0.2) is 0 Å². The van der Waals surface area contributed by atoms with Crippen molar-refractivity contribution < 1.29 is 14.3 Å². The molecule has 6 heteroatoms. The quantitative estimate of drug-likeness (QED) is 0.745. The number of amides is 1. The van der Waals surface area contributed by atoms with Gasteiger partial charge in [0.2, 0.25) is 5.91 Å². The van der Waals surface area contributed by atoms with Gasteiger partial charge >= 0.3 is 0 Å². The van der Waals surface area contributed by atoms with E-state index in [0.717, 1.165) is 43.4 Å². The van der Waals surface area contributed by atoms with Crippen LogP contribution in [0, 0.1) is 5.92 Å². The predicted octanol–water partition coefficient (Wildman–Crippen LogP) is 3.99. The van der Waals surface area contributed by atoms with Gasteiger partial charge in [-0.05, 0) is 50.8 Å². The van der Waals surface area contributed by atoms with Gasteiger partial charge in [-0.3, -0.25) is 4.79 Å². The molecule has 1 aromatic rings. The summed E-state index contributed by atoms with van der Waals surface area (Å²) in [4.78, 5) is 12.7. The summed E-state index contributed by atoms with van der Waals surface area (Å²) in [7, 11) is 1.63. The molecule has 1 amide bonds. The minimum atomic E-state index is -0.419. The maximum Gasteiger partial charge on any atom is 0.225 e. The van der Waals surface area contributed by atoms with Crippen molar-refractivity contribution in [1.29, 1.82) is 0 Å². The SMILES string of the molecule is CCCOc1ccc(C(C)NC(=O)C2CCCCC2(C)N)cc1OC.Cl. The minimum Gasteiger partial charge on any atom is -0.493 e. The topological polar surface area (TPSA) is 73.6 Å². The molecule has 5 nitrogen and oxygen atoms in total. The lowest BCUT2D eigenvalue weighted by atomic mass is 9.74. The summed E-state index contributed by atoms with van der Waals surface area (Å²) in [5.74, 6) is 1.34. The maximum absolute atomic E-state index is 12.7. The summed E-state index contributed by atoms with van der Waals surface area (Å²) in [5, 5.41) is 3.12. The number of carbonyl (C=O) groups is 1. The number of methoxy groups -OCH3 is 1. The molecule has 0 aromatic heterocycles. The van der Waals surface area contributed by atoms with E-state index in [2.05, 4.69) is 12.2 Å². The van der Waals surface area contributed by atoms with E-state index in [1.165, 1.54) is 0 Å². The summed E-state index contributed by atoms with van der Waals surface area (Å²) in [6.45, 7) is 6.69. The molecular weight excluding hydrogens is 352 g/mol. The third kappa shape index (κ3) is 5.52. The second kappa shape index (κ2) is 10.0. The normalized spacial score (nSPS) is 23.5. The van der Waals surface area contributed by atoms with Crippen LogP contribution in [0.25, 0.3) is 0 Å². The predicted molar refractivity (Wildman–Crippen MR) is 107 cm³/mol. The summed E-state index contributed by atoms with van der Waals surface area (Å²) < 4.78 is 11.1. The fourth-order valence-corrected chi connectivity index (χ4v) is 3.47. The summed E-state index contributed by atoms with van der Waals surface area (Å²) in [6.07, 6.45) is 4.87. The van der Waals surface area contributed by atoms with Crippen LogP contribution in [0.4, 0.5) is 0 Å². The van der Waals surface area contributed by atoms with E-state index in [-0.39, 0.29) is 30.3 Å². The zero-order chi connectivity index (χ0) is 18.4. The molecular formula is C20H33ClN2O3. The number of hydrogen-bond acceptors (Lipinski definition) is 4. The molecule has 0 saturated heterocycles. The molecule has 0 spiro atoms. The standard InChI is InChI=1S/C20H32N2O3.ClH/c1-5-12-25-17-10-9-15(13-18(17)24-4)14(2)22-19(23)16-8-6-7-11-20(16,3)21;/h9-10,13-14,16H,5-8,11-12,21H2,1-4H3,(H,22,23);1H. The highest BCUT2D eigenvalue weighted by Crippen LogP contribution is 2.33. The second-order valence-corrected chi connectivity index (χ2v) is 7.29. The molecule has 1 aromatic carbocycles. The van der Waals surface area contributed by atoms with Gasteiger partial charge < -0.3 is 20.5 Å². The first-order chi connectivity index (χ1) is 11.9. The average Bonchev–Trinajstić information content (AvgIpc) is 2.59. The number of rotatable bonds is 7. The van der Waals surface area contributed by atoms with E-state index in [1.54, 1.807) is 7.11 Å². The molecule has 148 valence electrons. The molecule has 3 N–H and O–H groups in total. The Morgan fingerprint density at radius 2 is 2.12 bits per heavy atom. The monoisotopic (exact) mass is 384 g/mol. The van der Waals surface area contributed by atoms with E-state index >= 15 is 0 Å². The Kier molecular flexibility index (Phi) is 8.71. The molecule has 26 heavy (non-hydrogen) atoms. The Morgan fingerprint density at radius 1 is 1.38 bits per heavy atom. The van der Waals surface area contributed by atoms with E-state index in [9.17, 15) is 4.79 Å².